The van der Waals surface area contributed by atoms with E-state index in [0.717, 1.165) is 53.0 Å². The first-order chi connectivity index (χ1) is 14.7. The van der Waals surface area contributed by atoms with E-state index >= 15 is 0 Å². The molecule has 0 radical (unpaired) electrons. The number of benzene rings is 2. The fraction of sp³-hybridized carbons (Fsp3) is 0.333. The molecule has 1 aromatic heterocycles. The summed E-state index contributed by atoms with van der Waals surface area (Å²) in [6.45, 7) is 5.64. The van der Waals surface area contributed by atoms with Crippen molar-refractivity contribution in [3.05, 3.63) is 54.1 Å². The lowest BCUT2D eigenvalue weighted by atomic mass is 10.2. The predicted octanol–water partition coefficient (Wildman–Crippen LogP) is 6.31. The average Bonchev–Trinajstić information content (AvgIpc) is 3.15. The van der Waals surface area contributed by atoms with Crippen LogP contribution in [-0.4, -0.2) is 24.1 Å². The summed E-state index contributed by atoms with van der Waals surface area (Å²) >= 11 is 1.44. The molecule has 6 heteroatoms. The van der Waals surface area contributed by atoms with Crippen LogP contribution < -0.4 is 14.8 Å². The quantitative estimate of drug-likeness (QED) is 0.290. The minimum atomic E-state index is -0.225. The van der Waals surface area contributed by atoms with Crippen LogP contribution in [0.25, 0.3) is 16.3 Å². The van der Waals surface area contributed by atoms with Crippen LogP contribution in [0.15, 0.2) is 48.5 Å². The Hall–Kier alpha value is -2.86. The van der Waals surface area contributed by atoms with Gasteiger partial charge in [-0.15, -0.1) is 0 Å². The lowest BCUT2D eigenvalue weighted by Gasteiger charge is -2.08. The number of hydrogen-bond acceptors (Lipinski definition) is 5. The molecule has 0 aliphatic carbocycles. The van der Waals surface area contributed by atoms with E-state index in [4.69, 9.17) is 9.47 Å². The minimum Gasteiger partial charge on any atom is -0.494 e. The third kappa shape index (κ3) is 6.32. The van der Waals surface area contributed by atoms with Gasteiger partial charge in [-0.05, 0) is 43.2 Å². The zero-order valence-electron chi connectivity index (χ0n) is 17.5. The van der Waals surface area contributed by atoms with Crippen molar-refractivity contribution in [1.29, 1.82) is 0 Å². The first-order valence-electron chi connectivity index (χ1n) is 10.4. The standard InChI is InChI=1S/C24H28N2O3S/c1-3-5-15-28-19-12-13-20-22(17-19)30-24(25-20)26-23(27)14-11-18-9-7-8-10-21(18)29-16-6-4-2/h7-14,17H,3-6,15-16H2,1-2H3,(H,25,26,27)/b14-11+. The van der Waals surface area contributed by atoms with E-state index in [1.165, 1.54) is 17.4 Å². The van der Waals surface area contributed by atoms with Crippen molar-refractivity contribution in [3.63, 3.8) is 0 Å². The number of ether oxygens (including phenoxy) is 2. The first kappa shape index (κ1) is 21.8. The van der Waals surface area contributed by atoms with Gasteiger partial charge in [0.15, 0.2) is 5.13 Å². The lowest BCUT2D eigenvalue weighted by Crippen LogP contribution is -2.07. The molecule has 0 bridgehead atoms. The number of fused-ring (bicyclic) bond motifs is 1. The molecule has 0 saturated heterocycles. The van der Waals surface area contributed by atoms with Crippen LogP contribution in [-0.2, 0) is 4.79 Å². The number of amides is 1. The highest BCUT2D eigenvalue weighted by molar-refractivity contribution is 7.22. The van der Waals surface area contributed by atoms with Crippen LogP contribution in [0, 0.1) is 0 Å². The van der Waals surface area contributed by atoms with Crippen LogP contribution in [0.3, 0.4) is 0 Å². The molecule has 158 valence electrons. The highest BCUT2D eigenvalue weighted by atomic mass is 32.1. The van der Waals surface area contributed by atoms with Crippen molar-refractivity contribution in [2.24, 2.45) is 0 Å². The molecule has 0 fully saturated rings. The van der Waals surface area contributed by atoms with Gasteiger partial charge in [0, 0.05) is 11.6 Å². The molecule has 2 aromatic carbocycles. The number of rotatable bonds is 11. The Balaban J connectivity index is 1.62. The molecule has 1 N–H and O–H groups in total. The largest absolute Gasteiger partial charge is 0.494 e. The van der Waals surface area contributed by atoms with Crippen molar-refractivity contribution in [1.82, 2.24) is 4.98 Å². The molecule has 1 amide bonds. The molecule has 3 rings (SSSR count). The molecule has 0 atom stereocenters. The molecule has 0 aliphatic heterocycles. The Morgan fingerprint density at radius 2 is 1.83 bits per heavy atom. The summed E-state index contributed by atoms with van der Waals surface area (Å²) in [6, 6.07) is 13.5. The van der Waals surface area contributed by atoms with Gasteiger partial charge >= 0.3 is 0 Å². The number of carbonyl (C=O) groups excluding carboxylic acids is 1. The van der Waals surface area contributed by atoms with Crippen LogP contribution in [0.5, 0.6) is 11.5 Å². The maximum absolute atomic E-state index is 12.4. The third-order valence-electron chi connectivity index (χ3n) is 4.45. The maximum atomic E-state index is 12.4. The second-order valence-electron chi connectivity index (χ2n) is 6.91. The van der Waals surface area contributed by atoms with E-state index in [2.05, 4.69) is 24.1 Å². The van der Waals surface area contributed by atoms with Gasteiger partial charge in [-0.2, -0.15) is 0 Å². The average molecular weight is 425 g/mol. The Bertz CT molecular complexity index is 997. The van der Waals surface area contributed by atoms with E-state index in [0.29, 0.717) is 18.3 Å². The number of aromatic nitrogens is 1. The van der Waals surface area contributed by atoms with Gasteiger partial charge in [-0.1, -0.05) is 56.2 Å². The van der Waals surface area contributed by atoms with Crippen molar-refractivity contribution in [2.75, 3.05) is 18.5 Å². The fourth-order valence-electron chi connectivity index (χ4n) is 2.77. The molecule has 0 unspecified atom stereocenters. The number of unbranched alkanes of at least 4 members (excludes halogenated alkanes) is 2. The van der Waals surface area contributed by atoms with Gasteiger partial charge in [-0.3, -0.25) is 10.1 Å². The van der Waals surface area contributed by atoms with Gasteiger partial charge in [0.05, 0.1) is 23.4 Å². The minimum absolute atomic E-state index is 0.225. The van der Waals surface area contributed by atoms with Crippen molar-refractivity contribution < 1.29 is 14.3 Å². The molecular formula is C24H28N2O3S. The molecule has 0 spiro atoms. The van der Waals surface area contributed by atoms with Crippen molar-refractivity contribution in [2.45, 2.75) is 39.5 Å². The summed E-state index contributed by atoms with van der Waals surface area (Å²) in [4.78, 5) is 16.9. The number of carbonyl (C=O) groups is 1. The fourth-order valence-corrected chi connectivity index (χ4v) is 3.67. The van der Waals surface area contributed by atoms with Crippen LogP contribution in [0.1, 0.15) is 45.1 Å². The zero-order chi connectivity index (χ0) is 21.2. The second kappa shape index (κ2) is 11.4. The van der Waals surface area contributed by atoms with Crippen LogP contribution in [0.4, 0.5) is 5.13 Å². The Morgan fingerprint density at radius 1 is 1.07 bits per heavy atom. The molecular weight excluding hydrogens is 396 g/mol. The smallest absolute Gasteiger partial charge is 0.250 e. The van der Waals surface area contributed by atoms with E-state index in [1.54, 1.807) is 6.08 Å². The SMILES string of the molecule is CCCCOc1ccc2nc(NC(=O)/C=C/c3ccccc3OCCCC)sc2c1. The molecule has 3 aromatic rings. The highest BCUT2D eigenvalue weighted by Gasteiger charge is 2.08. The number of para-hydroxylation sites is 1. The van der Waals surface area contributed by atoms with E-state index < -0.39 is 0 Å². The van der Waals surface area contributed by atoms with E-state index in [9.17, 15) is 4.79 Å². The van der Waals surface area contributed by atoms with Crippen LogP contribution >= 0.6 is 11.3 Å². The normalized spacial score (nSPS) is 11.1. The number of anilines is 1. The Labute approximate surface area is 181 Å². The summed E-state index contributed by atoms with van der Waals surface area (Å²) in [5.74, 6) is 1.39. The Kier molecular flexibility index (Phi) is 8.27. The second-order valence-corrected chi connectivity index (χ2v) is 7.94. The molecule has 0 aliphatic rings. The summed E-state index contributed by atoms with van der Waals surface area (Å²) in [6.07, 6.45) is 7.48. The van der Waals surface area contributed by atoms with E-state index in [1.807, 2.05) is 42.5 Å². The number of nitrogens with zero attached hydrogens (tertiary/aromatic N) is 1. The number of thiazole rings is 1. The third-order valence-corrected chi connectivity index (χ3v) is 5.38. The highest BCUT2D eigenvalue weighted by Crippen LogP contribution is 2.29. The van der Waals surface area contributed by atoms with Gasteiger partial charge in [-0.25, -0.2) is 4.98 Å². The molecule has 5 nitrogen and oxygen atoms in total. The Morgan fingerprint density at radius 3 is 2.63 bits per heavy atom. The summed E-state index contributed by atoms with van der Waals surface area (Å²) in [5.41, 5.74) is 1.72. The monoisotopic (exact) mass is 424 g/mol. The van der Waals surface area contributed by atoms with Crippen molar-refractivity contribution >= 4 is 38.7 Å². The summed E-state index contributed by atoms with van der Waals surface area (Å²) in [5, 5.41) is 3.41. The predicted molar refractivity (Wildman–Crippen MR) is 125 cm³/mol. The van der Waals surface area contributed by atoms with E-state index in [-0.39, 0.29) is 5.91 Å². The zero-order valence-corrected chi connectivity index (χ0v) is 18.3. The number of hydrogen-bond donors (Lipinski definition) is 1. The molecule has 0 saturated carbocycles. The first-order valence-corrected chi connectivity index (χ1v) is 11.3. The molecule has 30 heavy (non-hydrogen) atoms. The number of nitrogens with one attached hydrogen (secondary N) is 1. The van der Waals surface area contributed by atoms with Crippen LogP contribution in [0.2, 0.25) is 0 Å². The lowest BCUT2D eigenvalue weighted by molar-refractivity contribution is -0.111. The summed E-state index contributed by atoms with van der Waals surface area (Å²) in [7, 11) is 0. The maximum Gasteiger partial charge on any atom is 0.250 e. The van der Waals surface area contributed by atoms with Gasteiger partial charge < -0.3 is 9.47 Å². The van der Waals surface area contributed by atoms with Gasteiger partial charge in [0.2, 0.25) is 5.91 Å². The van der Waals surface area contributed by atoms with Crippen molar-refractivity contribution in [3.8, 4) is 11.5 Å². The molecule has 1 heterocycles. The van der Waals surface area contributed by atoms with Gasteiger partial charge in [0.25, 0.3) is 0 Å². The van der Waals surface area contributed by atoms with Gasteiger partial charge in [0.1, 0.15) is 11.5 Å². The topological polar surface area (TPSA) is 60.5 Å². The summed E-state index contributed by atoms with van der Waals surface area (Å²) < 4.78 is 12.5.